The van der Waals surface area contributed by atoms with Crippen LogP contribution in [0.5, 0.6) is 40.2 Å². The normalized spacial score (nSPS) is 17.1. The Bertz CT molecular complexity index is 4440. The highest BCUT2D eigenvalue weighted by Gasteiger charge is 2.41. The van der Waals surface area contributed by atoms with E-state index in [0.717, 1.165) is 159 Å². The fourth-order valence-corrected chi connectivity index (χ4v) is 14.9. The van der Waals surface area contributed by atoms with Gasteiger partial charge >= 0.3 is 0 Å². The van der Waals surface area contributed by atoms with E-state index >= 15 is 0 Å². The van der Waals surface area contributed by atoms with Gasteiger partial charge in [0.15, 0.2) is 34.5 Å². The summed E-state index contributed by atoms with van der Waals surface area (Å²) in [6.07, 6.45) is 12.5. The molecule has 0 spiro atoms. The number of fused-ring (bicyclic) bond motifs is 5. The van der Waals surface area contributed by atoms with Crippen LogP contribution in [-0.2, 0) is 57.8 Å². The van der Waals surface area contributed by atoms with Crippen molar-refractivity contribution in [3.8, 4) is 40.2 Å². The minimum atomic E-state index is -0.577. The Hall–Kier alpha value is -9.48. The minimum absolute atomic E-state index is 0.0851. The fourth-order valence-electron chi connectivity index (χ4n) is 14.9. The van der Waals surface area contributed by atoms with Crippen molar-refractivity contribution in [2.45, 2.75) is 232 Å². The molecule has 0 bridgehead atoms. The van der Waals surface area contributed by atoms with Crippen molar-refractivity contribution in [1.29, 1.82) is 0 Å². The van der Waals surface area contributed by atoms with Crippen LogP contribution in [0.2, 0.25) is 0 Å². The first-order chi connectivity index (χ1) is 51.8. The Kier molecular flexibility index (Phi) is 26.3. The van der Waals surface area contributed by atoms with E-state index in [0.29, 0.717) is 0 Å². The van der Waals surface area contributed by atoms with Gasteiger partial charge < -0.3 is 43.0 Å². The number of anilines is 2. The zero-order valence-electron chi connectivity index (χ0n) is 69.8. The molecule has 110 heavy (non-hydrogen) atoms. The molecular formula is C99H124N2O9. The summed E-state index contributed by atoms with van der Waals surface area (Å²) in [5.74, 6) is 4.76. The number of hydrogen-bond donors (Lipinski definition) is 0. The lowest BCUT2D eigenvalue weighted by Crippen LogP contribution is -2.35. The van der Waals surface area contributed by atoms with Crippen LogP contribution in [0.4, 0.5) is 11.4 Å². The number of rotatable bonds is 14. The number of methoxy groups -OCH3 is 1. The number of aryl methyl sites for hydroxylation is 4. The van der Waals surface area contributed by atoms with Gasteiger partial charge in [0.05, 0.1) is 7.11 Å². The van der Waals surface area contributed by atoms with Crippen LogP contribution in [0.3, 0.4) is 0 Å². The largest absolute Gasteiger partial charge is 0.497 e. The average molecular weight is 1490 g/mol. The Morgan fingerprint density at radius 2 is 0.727 bits per heavy atom. The summed E-state index contributed by atoms with van der Waals surface area (Å²) in [7, 11) is 1.67. The van der Waals surface area contributed by atoms with Gasteiger partial charge in [-0.1, -0.05) is 243 Å². The molecule has 0 radical (unpaired) electrons. The monoisotopic (exact) mass is 1480 g/mol. The van der Waals surface area contributed by atoms with Crippen molar-refractivity contribution in [2.75, 3.05) is 30.0 Å². The van der Waals surface area contributed by atoms with Crippen molar-refractivity contribution in [1.82, 2.24) is 0 Å². The van der Waals surface area contributed by atoms with E-state index in [1.54, 1.807) is 7.11 Å². The summed E-state index contributed by atoms with van der Waals surface area (Å²) in [4.78, 5) is 30.0. The van der Waals surface area contributed by atoms with Crippen molar-refractivity contribution < 1.29 is 42.7 Å². The summed E-state index contributed by atoms with van der Waals surface area (Å²) in [6, 6.07) is 70.0. The lowest BCUT2D eigenvalue weighted by molar-refractivity contribution is -0.0685. The van der Waals surface area contributed by atoms with Crippen molar-refractivity contribution in [3.63, 3.8) is 0 Å². The third kappa shape index (κ3) is 24.0. The number of ether oxygens (including phenoxy) is 7. The second-order valence-electron chi connectivity index (χ2n) is 37.3. The van der Waals surface area contributed by atoms with Gasteiger partial charge in [-0.05, 0) is 215 Å². The van der Waals surface area contributed by atoms with Crippen molar-refractivity contribution in [2.24, 2.45) is 27.1 Å². The molecule has 14 rings (SSSR count). The molecule has 0 N–H and O–H groups in total. The third-order valence-corrected chi connectivity index (χ3v) is 19.6. The number of benzene rings is 9. The quantitative estimate of drug-likeness (QED) is 0.105. The lowest BCUT2D eigenvalue weighted by Gasteiger charge is -2.30. The summed E-state index contributed by atoms with van der Waals surface area (Å²) >= 11 is 0. The van der Waals surface area contributed by atoms with Gasteiger partial charge in [0.2, 0.25) is 17.4 Å². The first kappa shape index (κ1) is 83.0. The molecular weight excluding hydrogens is 1360 g/mol. The second kappa shape index (κ2) is 34.8. The summed E-state index contributed by atoms with van der Waals surface area (Å²) in [6.45, 7) is 43.0. The number of nitrogens with zero attached hydrogens (tertiary/aromatic N) is 2. The van der Waals surface area contributed by atoms with Crippen LogP contribution in [0.25, 0.3) is 0 Å². The first-order valence-electron chi connectivity index (χ1n) is 39.9. The maximum absolute atomic E-state index is 13.1. The molecule has 2 unspecified atom stereocenters. The van der Waals surface area contributed by atoms with E-state index in [1.165, 1.54) is 50.1 Å². The molecule has 0 fully saturated rings. The molecule has 0 saturated carbocycles. The molecule has 0 aliphatic carbocycles. The highest BCUT2D eigenvalue weighted by molar-refractivity contribution is 6.07. The molecule has 11 nitrogen and oxygen atoms in total. The molecule has 0 saturated heterocycles. The number of para-hydroxylation sites is 4. The first-order valence-corrected chi connectivity index (χ1v) is 39.9. The van der Waals surface area contributed by atoms with Gasteiger partial charge in [-0.3, -0.25) is 9.59 Å². The van der Waals surface area contributed by atoms with Crippen LogP contribution < -0.4 is 43.0 Å². The SMILES string of the molecule is CC(C)(C)Cc1cccc(C(=O)N2CCCc3ccccc32)c1.CC(C)(C)Cc1cccc2c1OC(C)(C)O2.CC(C)(C)Cc1cccc2c1OC(C)(CCc1ccccc1)O2.CC(C)(C)Cc1cccc2c1OC(C)(CCc1ccccc1)O2.COc1ccc2c(c1)CCCN2C(=O)c1cccc(CC(C)(C)C)c1. The molecule has 9 aromatic carbocycles. The third-order valence-electron chi connectivity index (χ3n) is 19.6. The summed E-state index contributed by atoms with van der Waals surface area (Å²) in [5.41, 5.74) is 16.0. The highest BCUT2D eigenvalue weighted by atomic mass is 16.7. The fraction of sp³-hybridized carbons (Fsp3) is 0.434. The van der Waals surface area contributed by atoms with Crippen LogP contribution in [-0.4, -0.2) is 49.4 Å². The van der Waals surface area contributed by atoms with Crippen molar-refractivity contribution >= 4 is 23.2 Å². The lowest BCUT2D eigenvalue weighted by atomic mass is 9.87. The van der Waals surface area contributed by atoms with E-state index in [4.69, 9.17) is 33.2 Å². The standard InChI is InChI=1S/C22H27NO2.C21H25NO.2C21H26O2.C14H20O2/c1-22(2,3)15-16-7-5-8-18(13-16)21(24)23-12-6-9-17-14-19(25-4)10-11-20(17)23;1-21(2,3)15-16-8-6-10-18(14-16)20(23)22-13-7-11-17-9-4-5-12-19(17)22;2*1-20(2,3)15-17-11-8-12-18-19(17)23-21(4,22-18)14-13-16-9-6-5-7-10-16;1-13(2,3)9-10-7-6-8-11-12(10)16-14(4,5)15-11/h5,7-8,10-11,13-14H,6,9,12,15H2,1-4H3;4-6,8-10,12,14H,7,11,13,15H2,1-3H3;2*5-12H,13-15H2,1-4H3;6-8H,9H2,1-5H3. The topological polar surface area (TPSA) is 105 Å². The van der Waals surface area contributed by atoms with Crippen LogP contribution in [0, 0.1) is 27.1 Å². The predicted octanol–water partition coefficient (Wildman–Crippen LogP) is 24.3. The highest BCUT2D eigenvalue weighted by Crippen LogP contribution is 2.48. The predicted molar refractivity (Wildman–Crippen MR) is 452 cm³/mol. The maximum Gasteiger partial charge on any atom is 0.258 e. The van der Waals surface area contributed by atoms with Gasteiger partial charge in [-0.25, -0.2) is 0 Å². The van der Waals surface area contributed by atoms with E-state index in [2.05, 4.69) is 219 Å². The van der Waals surface area contributed by atoms with Crippen LogP contribution in [0.1, 0.15) is 228 Å². The van der Waals surface area contributed by atoms with Crippen molar-refractivity contribution in [3.05, 3.63) is 267 Å². The number of hydrogen-bond acceptors (Lipinski definition) is 9. The number of amides is 2. The van der Waals surface area contributed by atoms with E-state index < -0.39 is 17.4 Å². The number of carbonyl (C=O) groups is 2. The Labute approximate surface area is 659 Å². The van der Waals surface area contributed by atoms with E-state index in [1.807, 2.05) is 128 Å². The zero-order chi connectivity index (χ0) is 79.5. The smallest absolute Gasteiger partial charge is 0.258 e. The average Bonchev–Trinajstić information content (AvgIpc) is 1.50. The Morgan fingerprint density at radius 1 is 0.364 bits per heavy atom. The molecule has 5 aliphatic rings. The van der Waals surface area contributed by atoms with E-state index in [-0.39, 0.29) is 38.9 Å². The van der Waals surface area contributed by atoms with Gasteiger partial charge in [0, 0.05) is 76.1 Å². The van der Waals surface area contributed by atoms with Gasteiger partial charge in [0.1, 0.15) is 5.75 Å². The molecule has 9 aromatic rings. The molecule has 5 heterocycles. The molecule has 2 atom stereocenters. The Balaban J connectivity index is 0.000000147. The van der Waals surface area contributed by atoms with E-state index in [9.17, 15) is 9.59 Å². The number of carbonyl (C=O) groups excluding carboxylic acids is 2. The van der Waals surface area contributed by atoms with Gasteiger partial charge in [-0.15, -0.1) is 0 Å². The molecule has 11 heteroatoms. The summed E-state index contributed by atoms with van der Waals surface area (Å²) in [5, 5.41) is 0. The maximum atomic E-state index is 13.1. The van der Waals surface area contributed by atoms with Crippen LogP contribution in [0.15, 0.2) is 206 Å². The Morgan fingerprint density at radius 3 is 1.15 bits per heavy atom. The van der Waals surface area contributed by atoms with Gasteiger partial charge in [-0.2, -0.15) is 0 Å². The molecule has 5 aliphatic heterocycles. The van der Waals surface area contributed by atoms with Gasteiger partial charge in [0.25, 0.3) is 11.8 Å². The zero-order valence-corrected chi connectivity index (χ0v) is 69.8. The molecule has 584 valence electrons. The second-order valence-corrected chi connectivity index (χ2v) is 37.3. The summed E-state index contributed by atoms with van der Waals surface area (Å²) < 4.78 is 41.7. The molecule has 2 amide bonds. The molecule has 0 aromatic heterocycles. The minimum Gasteiger partial charge on any atom is -0.497 e. The van der Waals surface area contributed by atoms with Crippen LogP contribution >= 0.6 is 0 Å².